The normalized spacial score (nSPS) is 18.4. The molecule has 1 aliphatic carbocycles. The van der Waals surface area contributed by atoms with Gasteiger partial charge < -0.3 is 10.1 Å². The lowest BCUT2D eigenvalue weighted by Gasteiger charge is -2.21. The van der Waals surface area contributed by atoms with Gasteiger partial charge in [0.1, 0.15) is 5.54 Å². The van der Waals surface area contributed by atoms with Crippen LogP contribution in [0.5, 0.6) is 0 Å². The molecule has 4 heteroatoms. The minimum atomic E-state index is -0.579. The van der Waals surface area contributed by atoms with Gasteiger partial charge in [-0.25, -0.2) is 0 Å². The summed E-state index contributed by atoms with van der Waals surface area (Å²) in [5, 5.41) is 11.9. The van der Waals surface area contributed by atoms with Crippen molar-refractivity contribution in [2.45, 2.75) is 44.1 Å². The molecule has 1 rings (SSSR count). The summed E-state index contributed by atoms with van der Waals surface area (Å²) < 4.78 is 4.87. The fraction of sp³-hybridized carbons (Fsp3) is 0.818. The Bertz CT molecular complexity index is 252. The summed E-state index contributed by atoms with van der Waals surface area (Å²) >= 11 is 0. The lowest BCUT2D eigenvalue weighted by atomic mass is 9.99. The van der Waals surface area contributed by atoms with E-state index in [-0.39, 0.29) is 5.91 Å². The van der Waals surface area contributed by atoms with Crippen LogP contribution < -0.4 is 5.32 Å². The monoisotopic (exact) mass is 210 g/mol. The lowest BCUT2D eigenvalue weighted by molar-refractivity contribution is -0.122. The van der Waals surface area contributed by atoms with Crippen molar-refractivity contribution in [1.82, 2.24) is 5.32 Å². The SMILES string of the molecule is COCCCC(=O)NC1(C#N)CCCC1. The Kier molecular flexibility index (Phi) is 4.57. The van der Waals surface area contributed by atoms with Gasteiger partial charge in [0, 0.05) is 20.1 Å². The number of carbonyl (C=O) groups is 1. The summed E-state index contributed by atoms with van der Waals surface area (Å²) in [6, 6.07) is 2.24. The molecule has 0 aliphatic heterocycles. The molecule has 0 aromatic carbocycles. The number of amides is 1. The molecule has 0 heterocycles. The van der Waals surface area contributed by atoms with Gasteiger partial charge in [-0.15, -0.1) is 0 Å². The van der Waals surface area contributed by atoms with E-state index in [1.807, 2.05) is 0 Å². The van der Waals surface area contributed by atoms with Crippen LogP contribution in [0.4, 0.5) is 0 Å². The highest BCUT2D eigenvalue weighted by molar-refractivity contribution is 5.77. The third-order valence-corrected chi connectivity index (χ3v) is 2.80. The first-order chi connectivity index (χ1) is 7.22. The van der Waals surface area contributed by atoms with Crippen molar-refractivity contribution >= 4 is 5.91 Å². The molecule has 0 aromatic heterocycles. The number of hydrogen-bond donors (Lipinski definition) is 1. The highest BCUT2D eigenvalue weighted by atomic mass is 16.5. The highest BCUT2D eigenvalue weighted by Crippen LogP contribution is 2.28. The first-order valence-corrected chi connectivity index (χ1v) is 5.44. The van der Waals surface area contributed by atoms with Crippen molar-refractivity contribution in [3.8, 4) is 6.07 Å². The van der Waals surface area contributed by atoms with E-state index in [2.05, 4.69) is 11.4 Å². The minimum Gasteiger partial charge on any atom is -0.385 e. The van der Waals surface area contributed by atoms with E-state index in [1.165, 1.54) is 0 Å². The van der Waals surface area contributed by atoms with Crippen LogP contribution in [0.25, 0.3) is 0 Å². The quantitative estimate of drug-likeness (QED) is 0.697. The number of nitrogens with one attached hydrogen (secondary N) is 1. The molecule has 0 spiro atoms. The summed E-state index contributed by atoms with van der Waals surface area (Å²) in [7, 11) is 1.62. The minimum absolute atomic E-state index is 0.0319. The maximum absolute atomic E-state index is 11.5. The Morgan fingerprint density at radius 2 is 2.20 bits per heavy atom. The van der Waals surface area contributed by atoms with Crippen LogP contribution in [0, 0.1) is 11.3 Å². The smallest absolute Gasteiger partial charge is 0.221 e. The molecule has 0 radical (unpaired) electrons. The number of ether oxygens (including phenoxy) is 1. The molecule has 0 atom stereocenters. The fourth-order valence-electron chi connectivity index (χ4n) is 1.95. The van der Waals surface area contributed by atoms with Gasteiger partial charge >= 0.3 is 0 Å². The number of hydrogen-bond acceptors (Lipinski definition) is 3. The maximum Gasteiger partial charge on any atom is 0.221 e. The van der Waals surface area contributed by atoms with Crippen LogP contribution in [0.2, 0.25) is 0 Å². The van der Waals surface area contributed by atoms with E-state index in [0.29, 0.717) is 19.4 Å². The molecule has 4 nitrogen and oxygen atoms in total. The van der Waals surface area contributed by atoms with E-state index in [0.717, 1.165) is 25.7 Å². The molecule has 0 saturated heterocycles. The standard InChI is InChI=1S/C11H18N2O2/c1-15-8-4-5-10(14)13-11(9-12)6-2-3-7-11/h2-8H2,1H3,(H,13,14). The van der Waals surface area contributed by atoms with Gasteiger partial charge in [-0.3, -0.25) is 4.79 Å². The zero-order chi connectivity index (χ0) is 11.1. The summed E-state index contributed by atoms with van der Waals surface area (Å²) in [4.78, 5) is 11.5. The molecule has 0 aromatic rings. The number of rotatable bonds is 5. The van der Waals surface area contributed by atoms with Crippen LogP contribution in [0.15, 0.2) is 0 Å². The third-order valence-electron chi connectivity index (χ3n) is 2.80. The number of carbonyl (C=O) groups excluding carboxylic acids is 1. The van der Waals surface area contributed by atoms with Gasteiger partial charge in [-0.2, -0.15) is 5.26 Å². The molecule has 1 aliphatic rings. The molecule has 84 valence electrons. The molecule has 1 saturated carbocycles. The van der Waals surface area contributed by atoms with Crippen molar-refractivity contribution in [3.63, 3.8) is 0 Å². The Labute approximate surface area is 90.6 Å². The van der Waals surface area contributed by atoms with Crippen molar-refractivity contribution in [2.24, 2.45) is 0 Å². The largest absolute Gasteiger partial charge is 0.385 e. The summed E-state index contributed by atoms with van der Waals surface area (Å²) in [6.45, 7) is 0.590. The van der Waals surface area contributed by atoms with E-state index in [1.54, 1.807) is 7.11 Å². The van der Waals surface area contributed by atoms with Gasteiger partial charge in [-0.1, -0.05) is 0 Å². The van der Waals surface area contributed by atoms with E-state index >= 15 is 0 Å². The van der Waals surface area contributed by atoms with Gasteiger partial charge in [-0.05, 0) is 32.1 Å². The summed E-state index contributed by atoms with van der Waals surface area (Å²) in [6.07, 6.45) is 4.80. The molecular weight excluding hydrogens is 192 g/mol. The van der Waals surface area contributed by atoms with E-state index < -0.39 is 5.54 Å². The first kappa shape index (κ1) is 12.0. The highest BCUT2D eigenvalue weighted by Gasteiger charge is 2.34. The first-order valence-electron chi connectivity index (χ1n) is 5.44. The van der Waals surface area contributed by atoms with Crippen molar-refractivity contribution in [3.05, 3.63) is 0 Å². The second-order valence-electron chi connectivity index (χ2n) is 4.05. The molecule has 15 heavy (non-hydrogen) atoms. The van der Waals surface area contributed by atoms with Gasteiger partial charge in [0.2, 0.25) is 5.91 Å². The number of nitrogens with zero attached hydrogens (tertiary/aromatic N) is 1. The van der Waals surface area contributed by atoms with Crippen LogP contribution in [-0.4, -0.2) is 25.2 Å². The molecule has 1 fully saturated rings. The predicted molar refractivity (Wildman–Crippen MR) is 56.1 cm³/mol. The molecule has 1 amide bonds. The lowest BCUT2D eigenvalue weighted by Crippen LogP contribution is -2.45. The molecule has 0 bridgehead atoms. The van der Waals surface area contributed by atoms with Crippen LogP contribution in [0.1, 0.15) is 38.5 Å². The Morgan fingerprint density at radius 1 is 1.53 bits per heavy atom. The van der Waals surface area contributed by atoms with Gasteiger partial charge in [0.25, 0.3) is 0 Å². The predicted octanol–water partition coefficient (Wildman–Crippen LogP) is 1.37. The average molecular weight is 210 g/mol. The topological polar surface area (TPSA) is 62.1 Å². The Hall–Kier alpha value is -1.08. The summed E-state index contributed by atoms with van der Waals surface area (Å²) in [5.41, 5.74) is -0.579. The second-order valence-corrected chi connectivity index (χ2v) is 4.05. The zero-order valence-corrected chi connectivity index (χ0v) is 9.21. The Morgan fingerprint density at radius 3 is 2.73 bits per heavy atom. The van der Waals surface area contributed by atoms with Crippen molar-refractivity contribution in [2.75, 3.05) is 13.7 Å². The number of nitriles is 1. The average Bonchev–Trinajstić information content (AvgIpc) is 2.67. The third kappa shape index (κ3) is 3.52. The summed E-state index contributed by atoms with van der Waals surface area (Å²) in [5.74, 6) is -0.0319. The van der Waals surface area contributed by atoms with Crippen molar-refractivity contribution < 1.29 is 9.53 Å². The fourth-order valence-corrected chi connectivity index (χ4v) is 1.95. The van der Waals surface area contributed by atoms with E-state index in [4.69, 9.17) is 10.00 Å². The van der Waals surface area contributed by atoms with Gasteiger partial charge in [0.15, 0.2) is 0 Å². The van der Waals surface area contributed by atoms with Crippen LogP contribution in [-0.2, 0) is 9.53 Å². The van der Waals surface area contributed by atoms with E-state index in [9.17, 15) is 4.79 Å². The molecule has 1 N–H and O–H groups in total. The maximum atomic E-state index is 11.5. The van der Waals surface area contributed by atoms with Crippen molar-refractivity contribution in [1.29, 1.82) is 5.26 Å². The number of methoxy groups -OCH3 is 1. The molecule has 0 unspecified atom stereocenters. The zero-order valence-electron chi connectivity index (χ0n) is 9.21. The molecular formula is C11H18N2O2. The van der Waals surface area contributed by atoms with Crippen LogP contribution >= 0.6 is 0 Å². The second kappa shape index (κ2) is 5.72. The van der Waals surface area contributed by atoms with Crippen LogP contribution in [0.3, 0.4) is 0 Å². The van der Waals surface area contributed by atoms with Gasteiger partial charge in [0.05, 0.1) is 6.07 Å². The Balaban J connectivity index is 2.33.